The number of thioether (sulfide) groups is 1. The summed E-state index contributed by atoms with van der Waals surface area (Å²) in [7, 11) is 0. The summed E-state index contributed by atoms with van der Waals surface area (Å²) in [6.45, 7) is -2.51. The van der Waals surface area contributed by atoms with Crippen LogP contribution < -0.4 is 45.7 Å². The minimum Gasteiger partial charge on any atom is -0.543 e. The normalized spacial score (nSPS) is 19.9. The summed E-state index contributed by atoms with van der Waals surface area (Å²) in [5.74, 6) is -4.06. The Morgan fingerprint density at radius 3 is 2.70 bits per heavy atom. The van der Waals surface area contributed by atoms with E-state index in [1.54, 1.807) is 0 Å². The van der Waals surface area contributed by atoms with Crippen molar-refractivity contribution in [2.24, 2.45) is 5.16 Å². The number of nitrogens with zero attached hydrogens (tertiary/aromatic N) is 3. The standard InChI is InChI=1S/C16H15F2N5O7S2.Na/c1-5(24)29-2-6-3-31-13-9(12(26)23(13)10(6)14(27)28)21-11(25)8(22-30-15(17)18)7-4-32-16(19)20-7;/h4,9,13,15H,2-3H2,1H3,(H2,19,20)(H,21,25)(H,27,28);/q;+1/p-1/b22-8-;/t9-,13-;/m1./s1. The van der Waals surface area contributed by atoms with E-state index in [-0.39, 0.29) is 58.3 Å². The number of hydrogen-bond donors (Lipinski definition) is 2. The summed E-state index contributed by atoms with van der Waals surface area (Å²) in [5, 5.41) is 17.5. The second-order valence-electron chi connectivity index (χ2n) is 6.26. The predicted molar refractivity (Wildman–Crippen MR) is 104 cm³/mol. The van der Waals surface area contributed by atoms with Gasteiger partial charge in [0.05, 0.1) is 11.7 Å². The van der Waals surface area contributed by atoms with Crippen LogP contribution in [0.25, 0.3) is 0 Å². The number of alkyl halides is 2. The van der Waals surface area contributed by atoms with E-state index in [2.05, 4.69) is 20.3 Å². The van der Waals surface area contributed by atoms with Crippen LogP contribution in [0.5, 0.6) is 0 Å². The number of oxime groups is 1. The molecule has 172 valence electrons. The van der Waals surface area contributed by atoms with Crippen LogP contribution in [0.4, 0.5) is 13.9 Å². The largest absolute Gasteiger partial charge is 1.00 e. The van der Waals surface area contributed by atoms with Crippen molar-refractivity contribution in [3.63, 3.8) is 0 Å². The quantitative estimate of drug-likeness (QED) is 0.114. The molecule has 3 heterocycles. The molecule has 0 saturated carbocycles. The fraction of sp³-hybridized carbons (Fsp3) is 0.375. The number of hydrogen-bond acceptors (Lipinski definition) is 12. The summed E-state index contributed by atoms with van der Waals surface area (Å²) >= 11 is 2.02. The number of anilines is 1. The van der Waals surface area contributed by atoms with Gasteiger partial charge >= 0.3 is 42.1 Å². The third-order valence-corrected chi connectivity index (χ3v) is 6.19. The van der Waals surface area contributed by atoms with Crippen molar-refractivity contribution in [3.05, 3.63) is 22.3 Å². The summed E-state index contributed by atoms with van der Waals surface area (Å²) in [6, 6.07) is -1.19. The fourth-order valence-corrected chi connectivity index (χ4v) is 4.75. The van der Waals surface area contributed by atoms with E-state index < -0.39 is 53.2 Å². The molecule has 2 aliphatic rings. The van der Waals surface area contributed by atoms with Gasteiger partial charge in [-0.1, -0.05) is 5.16 Å². The number of ether oxygens (including phenoxy) is 1. The first-order valence-electron chi connectivity index (χ1n) is 8.65. The molecule has 0 spiro atoms. The molecule has 1 saturated heterocycles. The SMILES string of the molecule is CC(=O)OCC1=C(C(=O)[O-])N2C(=O)[C@@H](NC(=O)/C(=N\OC(F)F)c3csc(N)n3)[C@H]2SC1.[Na+]. The van der Waals surface area contributed by atoms with Gasteiger partial charge < -0.3 is 30.5 Å². The summed E-state index contributed by atoms with van der Waals surface area (Å²) in [6.07, 6.45) is 0. The van der Waals surface area contributed by atoms with Crippen molar-refractivity contribution >= 4 is 57.7 Å². The number of rotatable bonds is 8. The van der Waals surface area contributed by atoms with Gasteiger partial charge in [0.25, 0.3) is 11.8 Å². The molecule has 3 rings (SSSR count). The van der Waals surface area contributed by atoms with Gasteiger partial charge in [-0.05, 0) is 0 Å². The van der Waals surface area contributed by atoms with Crippen molar-refractivity contribution in [2.75, 3.05) is 18.1 Å². The second-order valence-corrected chi connectivity index (χ2v) is 8.25. The van der Waals surface area contributed by atoms with E-state index in [4.69, 9.17) is 10.5 Å². The predicted octanol–water partition coefficient (Wildman–Crippen LogP) is -4.36. The van der Waals surface area contributed by atoms with Gasteiger partial charge in [-0.3, -0.25) is 19.3 Å². The van der Waals surface area contributed by atoms with E-state index in [9.17, 15) is 33.1 Å². The summed E-state index contributed by atoms with van der Waals surface area (Å²) in [5.41, 5.74) is 4.41. The number of esters is 1. The Hall–Kier alpha value is -2.27. The van der Waals surface area contributed by atoms with Gasteiger partial charge in [0, 0.05) is 23.6 Å². The average molecular weight is 513 g/mol. The Balaban J connectivity index is 0.00000385. The molecule has 33 heavy (non-hydrogen) atoms. The molecule has 2 atom stereocenters. The number of carboxylic acids is 1. The zero-order chi connectivity index (χ0) is 23.6. The molecule has 0 radical (unpaired) electrons. The van der Waals surface area contributed by atoms with Crippen LogP contribution >= 0.6 is 23.1 Å². The van der Waals surface area contributed by atoms with Crippen molar-refractivity contribution in [2.45, 2.75) is 25.0 Å². The van der Waals surface area contributed by atoms with Gasteiger partial charge in [0.15, 0.2) is 10.8 Å². The van der Waals surface area contributed by atoms with E-state index in [1.807, 2.05) is 0 Å². The van der Waals surface area contributed by atoms with Crippen molar-refractivity contribution in [3.8, 4) is 0 Å². The number of nitrogens with one attached hydrogen (secondary N) is 1. The smallest absolute Gasteiger partial charge is 0.543 e. The number of carboxylic acid groups (broad SMARTS) is 1. The number of halogens is 2. The molecule has 0 unspecified atom stereocenters. The fourth-order valence-electron chi connectivity index (χ4n) is 2.87. The molecule has 1 fully saturated rings. The molecule has 3 N–H and O–H groups in total. The molecule has 1 aromatic heterocycles. The van der Waals surface area contributed by atoms with Gasteiger partial charge in [0.2, 0.25) is 0 Å². The van der Waals surface area contributed by atoms with Crippen LogP contribution in [0.2, 0.25) is 0 Å². The Morgan fingerprint density at radius 2 is 2.15 bits per heavy atom. The Morgan fingerprint density at radius 1 is 1.45 bits per heavy atom. The molecule has 2 aliphatic heterocycles. The number of carbonyl (C=O) groups is 4. The first kappa shape index (κ1) is 27.0. The van der Waals surface area contributed by atoms with Crippen LogP contribution in [0.3, 0.4) is 0 Å². The summed E-state index contributed by atoms with van der Waals surface area (Å²) < 4.78 is 29.6. The summed E-state index contributed by atoms with van der Waals surface area (Å²) in [4.78, 5) is 56.4. The van der Waals surface area contributed by atoms with Gasteiger partial charge in [0.1, 0.15) is 23.7 Å². The number of nitrogen functional groups attached to an aromatic ring is 1. The zero-order valence-electron chi connectivity index (χ0n) is 17.1. The molecule has 1 aromatic rings. The van der Waals surface area contributed by atoms with Gasteiger partial charge in [-0.25, -0.2) is 4.98 Å². The van der Waals surface area contributed by atoms with E-state index in [0.29, 0.717) is 0 Å². The van der Waals surface area contributed by atoms with E-state index in [0.717, 1.165) is 34.9 Å². The van der Waals surface area contributed by atoms with Gasteiger partial charge in [-0.2, -0.15) is 8.78 Å². The molecular formula is C16H14F2N5NaO7S2. The molecule has 0 aliphatic carbocycles. The van der Waals surface area contributed by atoms with Crippen molar-refractivity contribution in [1.82, 2.24) is 15.2 Å². The van der Waals surface area contributed by atoms with Gasteiger partial charge in [-0.15, -0.1) is 23.1 Å². The number of carbonyl (C=O) groups excluding carboxylic acids is 4. The zero-order valence-corrected chi connectivity index (χ0v) is 20.7. The van der Waals surface area contributed by atoms with E-state index in [1.165, 1.54) is 5.38 Å². The Labute approximate surface area is 214 Å². The van der Waals surface area contributed by atoms with Crippen LogP contribution in [0.15, 0.2) is 21.8 Å². The minimum atomic E-state index is -3.31. The van der Waals surface area contributed by atoms with Crippen LogP contribution in [0, 0.1) is 0 Å². The molecule has 12 nitrogen and oxygen atoms in total. The van der Waals surface area contributed by atoms with Crippen molar-refractivity contribution in [1.29, 1.82) is 0 Å². The van der Waals surface area contributed by atoms with E-state index >= 15 is 0 Å². The first-order chi connectivity index (χ1) is 15.1. The number of aromatic nitrogens is 1. The number of amides is 2. The molecule has 17 heteroatoms. The topological polar surface area (TPSA) is 176 Å². The number of β-lactam (4-membered cyclic amide) rings is 1. The monoisotopic (exact) mass is 513 g/mol. The molecule has 0 aromatic carbocycles. The van der Waals surface area contributed by atoms with Crippen molar-refractivity contribution < 1.29 is 72.2 Å². The third-order valence-electron chi connectivity index (χ3n) is 4.18. The molecule has 2 amide bonds. The Kier molecular flexibility index (Phi) is 9.19. The number of fused-ring (bicyclic) bond motifs is 1. The van der Waals surface area contributed by atoms with Crippen LogP contribution in [-0.4, -0.2) is 69.7 Å². The van der Waals surface area contributed by atoms with Crippen LogP contribution in [-0.2, 0) is 28.8 Å². The second kappa shape index (κ2) is 11.2. The Bertz CT molecular complexity index is 1030. The molecule has 0 bridgehead atoms. The maximum atomic E-state index is 12.6. The number of aliphatic carboxylic acids is 1. The number of nitrogens with two attached hydrogens (primary N) is 1. The average Bonchev–Trinajstić information content (AvgIpc) is 3.15. The third kappa shape index (κ3) is 6.00. The number of thiazole rings is 1. The molecular weight excluding hydrogens is 499 g/mol. The minimum absolute atomic E-state index is 0. The maximum Gasteiger partial charge on any atom is 1.00 e. The maximum absolute atomic E-state index is 12.6. The first-order valence-corrected chi connectivity index (χ1v) is 10.6. The van der Waals surface area contributed by atoms with Crippen LogP contribution in [0.1, 0.15) is 12.6 Å².